The van der Waals surface area contributed by atoms with Crippen molar-refractivity contribution in [2.75, 3.05) is 0 Å². The maximum Gasteiger partial charge on any atom is 0.108 e. The molecule has 3 rings (SSSR count). The molecule has 0 unspecified atom stereocenters. The maximum absolute atomic E-state index is 4.55. The molecular formula is C18H25NS. The fourth-order valence-corrected chi connectivity index (χ4v) is 5.26. The lowest BCUT2D eigenvalue weighted by molar-refractivity contribution is 0.356. The Morgan fingerprint density at radius 1 is 1.25 bits per heavy atom. The summed E-state index contributed by atoms with van der Waals surface area (Å²) in [7, 11) is 0. The molecule has 1 aliphatic heterocycles. The highest BCUT2D eigenvalue weighted by Crippen LogP contribution is 2.49. The minimum Gasteiger partial charge on any atom is -0.250 e. The molecule has 20 heavy (non-hydrogen) atoms. The Morgan fingerprint density at radius 3 is 2.80 bits per heavy atom. The molecule has 2 aliphatic carbocycles. The van der Waals surface area contributed by atoms with Crippen LogP contribution in [0.25, 0.3) is 0 Å². The molecule has 0 spiro atoms. The van der Waals surface area contributed by atoms with Crippen molar-refractivity contribution in [2.24, 2.45) is 10.9 Å². The van der Waals surface area contributed by atoms with Crippen LogP contribution < -0.4 is 0 Å². The average molecular weight is 287 g/mol. The lowest BCUT2D eigenvalue weighted by Crippen LogP contribution is -2.09. The molecule has 0 aromatic heterocycles. The van der Waals surface area contributed by atoms with Crippen molar-refractivity contribution < 1.29 is 0 Å². The van der Waals surface area contributed by atoms with E-state index in [-0.39, 0.29) is 0 Å². The third-order valence-electron chi connectivity index (χ3n) is 4.86. The second-order valence-electron chi connectivity index (χ2n) is 6.34. The van der Waals surface area contributed by atoms with Crippen LogP contribution in [0.2, 0.25) is 0 Å². The Kier molecular flexibility index (Phi) is 4.50. The third kappa shape index (κ3) is 2.81. The van der Waals surface area contributed by atoms with Gasteiger partial charge in [-0.3, -0.25) is 0 Å². The van der Waals surface area contributed by atoms with Crippen LogP contribution in [0.1, 0.15) is 64.7 Å². The second kappa shape index (κ2) is 6.34. The molecule has 0 radical (unpaired) electrons. The summed E-state index contributed by atoms with van der Waals surface area (Å²) in [5, 5.41) is 1.22. The largest absolute Gasteiger partial charge is 0.250 e. The summed E-state index contributed by atoms with van der Waals surface area (Å²) in [6.07, 6.45) is 14.0. The Bertz CT molecular complexity index is 490. The van der Waals surface area contributed by atoms with Crippen LogP contribution in [-0.2, 0) is 0 Å². The van der Waals surface area contributed by atoms with Gasteiger partial charge in [-0.05, 0) is 49.0 Å². The first kappa shape index (κ1) is 14.2. The average Bonchev–Trinajstić information content (AvgIpc) is 3.00. The summed E-state index contributed by atoms with van der Waals surface area (Å²) in [6, 6.07) is 0. The highest BCUT2D eigenvalue weighted by atomic mass is 32.2. The van der Waals surface area contributed by atoms with Gasteiger partial charge in [0.05, 0.1) is 0 Å². The molecule has 0 aromatic rings. The van der Waals surface area contributed by atoms with E-state index in [1.165, 1.54) is 68.4 Å². The van der Waals surface area contributed by atoms with Crippen molar-refractivity contribution in [1.29, 1.82) is 0 Å². The number of allylic oxidation sites excluding steroid dienone is 3. The molecular weight excluding hydrogens is 262 g/mol. The van der Waals surface area contributed by atoms with E-state index >= 15 is 0 Å². The zero-order valence-corrected chi connectivity index (χ0v) is 13.4. The quantitative estimate of drug-likeness (QED) is 0.620. The van der Waals surface area contributed by atoms with E-state index in [4.69, 9.17) is 0 Å². The molecule has 1 fully saturated rings. The molecule has 0 aromatic carbocycles. The predicted octanol–water partition coefficient (Wildman–Crippen LogP) is 6.00. The van der Waals surface area contributed by atoms with E-state index in [9.17, 15) is 0 Å². The number of nitrogens with zero attached hydrogens (tertiary/aromatic N) is 1. The minimum absolute atomic E-state index is 0.914. The Labute approximate surface area is 127 Å². The van der Waals surface area contributed by atoms with Crippen molar-refractivity contribution >= 4 is 16.8 Å². The van der Waals surface area contributed by atoms with Gasteiger partial charge >= 0.3 is 0 Å². The van der Waals surface area contributed by atoms with E-state index in [0.717, 1.165) is 5.92 Å². The summed E-state index contributed by atoms with van der Waals surface area (Å²) in [5.74, 6) is 0.914. The fourth-order valence-electron chi connectivity index (χ4n) is 3.93. The van der Waals surface area contributed by atoms with Crippen molar-refractivity contribution in [3.8, 4) is 0 Å². The SMILES string of the molecule is C=C/N=C1/SC2=C(CCC2)/C1=C(/C)CC1CCCCC1. The van der Waals surface area contributed by atoms with Crippen LogP contribution in [0.5, 0.6) is 0 Å². The van der Waals surface area contributed by atoms with Crippen LogP contribution in [0.4, 0.5) is 0 Å². The first-order chi connectivity index (χ1) is 9.79. The van der Waals surface area contributed by atoms with E-state index in [2.05, 4.69) is 18.5 Å². The Morgan fingerprint density at radius 2 is 2.05 bits per heavy atom. The summed E-state index contributed by atoms with van der Waals surface area (Å²) in [4.78, 5) is 6.13. The van der Waals surface area contributed by atoms with Crippen LogP contribution >= 0.6 is 11.8 Å². The highest BCUT2D eigenvalue weighted by molar-refractivity contribution is 8.18. The van der Waals surface area contributed by atoms with E-state index in [1.54, 1.807) is 22.3 Å². The molecule has 0 bridgehead atoms. The van der Waals surface area contributed by atoms with E-state index in [1.807, 2.05) is 11.8 Å². The van der Waals surface area contributed by atoms with Gasteiger partial charge < -0.3 is 0 Å². The van der Waals surface area contributed by atoms with Crippen LogP contribution in [0.15, 0.2) is 39.4 Å². The number of aliphatic imine (C=N–C) groups is 1. The highest BCUT2D eigenvalue weighted by Gasteiger charge is 2.31. The summed E-state index contributed by atoms with van der Waals surface area (Å²) in [6.45, 7) is 6.13. The molecule has 2 heteroatoms. The molecule has 0 atom stereocenters. The van der Waals surface area contributed by atoms with Gasteiger partial charge in [0.1, 0.15) is 5.04 Å². The van der Waals surface area contributed by atoms with Gasteiger partial charge in [0.2, 0.25) is 0 Å². The standard InChI is InChI=1S/C18H25NS/c1-3-19-18-17(15-10-7-11-16(15)20-18)13(2)12-14-8-5-4-6-9-14/h3,14H,1,4-12H2,2H3/b17-13+,19-18+. The first-order valence-electron chi connectivity index (χ1n) is 8.08. The topological polar surface area (TPSA) is 12.4 Å². The molecule has 0 N–H and O–H groups in total. The van der Waals surface area contributed by atoms with E-state index < -0.39 is 0 Å². The number of hydrogen-bond donors (Lipinski definition) is 0. The minimum atomic E-state index is 0.914. The molecule has 0 amide bonds. The van der Waals surface area contributed by atoms with Crippen molar-refractivity contribution in [3.05, 3.63) is 34.4 Å². The third-order valence-corrected chi connectivity index (χ3v) is 6.06. The fraction of sp³-hybridized carbons (Fsp3) is 0.611. The molecule has 1 saturated carbocycles. The van der Waals surface area contributed by atoms with Gasteiger partial charge in [-0.15, -0.1) is 0 Å². The van der Waals surface area contributed by atoms with Gasteiger partial charge in [-0.25, -0.2) is 4.99 Å². The van der Waals surface area contributed by atoms with Crippen LogP contribution in [0, 0.1) is 5.92 Å². The first-order valence-corrected chi connectivity index (χ1v) is 8.90. The zero-order chi connectivity index (χ0) is 13.9. The van der Waals surface area contributed by atoms with Crippen LogP contribution in [-0.4, -0.2) is 5.04 Å². The van der Waals surface area contributed by atoms with Crippen molar-refractivity contribution in [2.45, 2.75) is 64.7 Å². The molecule has 3 aliphatic rings. The lowest BCUT2D eigenvalue weighted by atomic mass is 9.83. The number of hydrogen-bond acceptors (Lipinski definition) is 2. The van der Waals surface area contributed by atoms with Gasteiger partial charge in [0.15, 0.2) is 0 Å². The smallest absolute Gasteiger partial charge is 0.108 e. The second-order valence-corrected chi connectivity index (χ2v) is 7.42. The molecule has 1 nitrogen and oxygen atoms in total. The van der Waals surface area contributed by atoms with Crippen molar-refractivity contribution in [3.63, 3.8) is 0 Å². The van der Waals surface area contributed by atoms with Gasteiger partial charge in [0.25, 0.3) is 0 Å². The summed E-state index contributed by atoms with van der Waals surface area (Å²) < 4.78 is 0. The van der Waals surface area contributed by atoms with Crippen molar-refractivity contribution in [1.82, 2.24) is 0 Å². The Hall–Kier alpha value is -0.760. The molecule has 1 heterocycles. The van der Waals surface area contributed by atoms with Gasteiger partial charge in [0, 0.05) is 11.8 Å². The van der Waals surface area contributed by atoms with Gasteiger partial charge in [-0.1, -0.05) is 56.0 Å². The van der Waals surface area contributed by atoms with Crippen LogP contribution in [0.3, 0.4) is 0 Å². The summed E-state index contributed by atoms with van der Waals surface area (Å²) >= 11 is 1.90. The molecule has 0 saturated heterocycles. The maximum atomic E-state index is 4.55. The normalized spacial score (nSPS) is 28.1. The lowest BCUT2D eigenvalue weighted by Gasteiger charge is -2.23. The van der Waals surface area contributed by atoms with Gasteiger partial charge in [-0.2, -0.15) is 0 Å². The zero-order valence-electron chi connectivity index (χ0n) is 12.6. The predicted molar refractivity (Wildman–Crippen MR) is 90.0 cm³/mol. The monoisotopic (exact) mass is 287 g/mol. The molecule has 108 valence electrons. The number of rotatable bonds is 3. The Balaban J connectivity index is 1.84. The summed E-state index contributed by atoms with van der Waals surface area (Å²) in [5.41, 5.74) is 4.69. The number of thioether (sulfide) groups is 1. The van der Waals surface area contributed by atoms with E-state index in [0.29, 0.717) is 0 Å².